The van der Waals surface area contributed by atoms with Crippen LogP contribution in [0.4, 0.5) is 5.95 Å². The molecule has 0 bridgehead atoms. The van der Waals surface area contributed by atoms with E-state index in [4.69, 9.17) is 17.3 Å². The van der Waals surface area contributed by atoms with Crippen LogP contribution in [0.2, 0.25) is 5.02 Å². The number of hydrogen-bond donors (Lipinski definition) is 1. The molecule has 0 atom stereocenters. The van der Waals surface area contributed by atoms with Gasteiger partial charge < -0.3 is 5.73 Å². The van der Waals surface area contributed by atoms with E-state index >= 15 is 0 Å². The number of rotatable bonds is 3. The maximum atomic E-state index is 5.92. The lowest BCUT2D eigenvalue weighted by atomic mass is 10.2. The molecule has 0 saturated carbocycles. The van der Waals surface area contributed by atoms with Gasteiger partial charge in [0.15, 0.2) is 5.65 Å². The van der Waals surface area contributed by atoms with E-state index in [1.807, 2.05) is 22.9 Å². The van der Waals surface area contributed by atoms with Crippen molar-refractivity contribution in [2.24, 2.45) is 0 Å². The fourth-order valence-corrected chi connectivity index (χ4v) is 2.16. The molecule has 0 aliphatic heterocycles. The van der Waals surface area contributed by atoms with E-state index in [0.29, 0.717) is 17.5 Å². The summed E-state index contributed by atoms with van der Waals surface area (Å²) in [6.07, 6.45) is 6.03. The Bertz CT molecular complexity index is 708. The third-order valence-electron chi connectivity index (χ3n) is 2.93. The minimum absolute atomic E-state index is 0.452. The van der Waals surface area contributed by atoms with E-state index in [0.717, 1.165) is 23.1 Å². The van der Waals surface area contributed by atoms with Crippen LogP contribution in [0.3, 0.4) is 0 Å². The third kappa shape index (κ3) is 2.37. The number of imidazole rings is 1. The molecule has 3 heterocycles. The first-order chi connectivity index (χ1) is 9.24. The summed E-state index contributed by atoms with van der Waals surface area (Å²) in [6.45, 7) is 0.711. The zero-order valence-electron chi connectivity index (χ0n) is 10.1. The molecule has 96 valence electrons. The summed E-state index contributed by atoms with van der Waals surface area (Å²) in [5.41, 5.74) is 8.55. The Morgan fingerprint density at radius 1 is 1.32 bits per heavy atom. The fraction of sp³-hybridized carbons (Fsp3) is 0.154. The van der Waals surface area contributed by atoms with E-state index in [1.54, 1.807) is 18.5 Å². The van der Waals surface area contributed by atoms with Crippen molar-refractivity contribution in [3.63, 3.8) is 0 Å². The maximum Gasteiger partial charge on any atom is 0.202 e. The molecule has 3 aromatic heterocycles. The highest BCUT2D eigenvalue weighted by Gasteiger charge is 2.09. The minimum Gasteiger partial charge on any atom is -0.369 e. The number of pyridine rings is 2. The van der Waals surface area contributed by atoms with Crippen LogP contribution in [0.25, 0.3) is 11.2 Å². The van der Waals surface area contributed by atoms with Crippen molar-refractivity contribution in [1.82, 2.24) is 19.5 Å². The fourth-order valence-electron chi connectivity index (χ4n) is 2.01. The Kier molecular flexibility index (Phi) is 3.05. The van der Waals surface area contributed by atoms with Crippen molar-refractivity contribution in [2.75, 3.05) is 5.73 Å². The highest BCUT2D eigenvalue weighted by atomic mass is 35.5. The maximum absolute atomic E-state index is 5.92. The molecule has 3 rings (SSSR count). The molecule has 5 nitrogen and oxygen atoms in total. The van der Waals surface area contributed by atoms with E-state index < -0.39 is 0 Å². The number of nitrogen functional groups attached to an aromatic ring is 1. The zero-order chi connectivity index (χ0) is 13.2. The third-order valence-corrected chi connectivity index (χ3v) is 3.13. The first-order valence-corrected chi connectivity index (χ1v) is 6.28. The second-order valence-electron chi connectivity index (χ2n) is 4.23. The van der Waals surface area contributed by atoms with E-state index in [9.17, 15) is 0 Å². The van der Waals surface area contributed by atoms with Crippen LogP contribution in [-0.2, 0) is 13.0 Å². The van der Waals surface area contributed by atoms with E-state index in [1.165, 1.54) is 0 Å². The molecule has 0 amide bonds. The van der Waals surface area contributed by atoms with Gasteiger partial charge in [0.1, 0.15) is 5.52 Å². The van der Waals surface area contributed by atoms with Crippen LogP contribution in [0.1, 0.15) is 5.56 Å². The lowest BCUT2D eigenvalue weighted by molar-refractivity contribution is 0.718. The predicted octanol–water partition coefficient (Wildman–Crippen LogP) is 2.30. The van der Waals surface area contributed by atoms with Crippen LogP contribution in [0.15, 0.2) is 36.8 Å². The lowest BCUT2D eigenvalue weighted by Gasteiger charge is -2.05. The normalized spacial score (nSPS) is 11.0. The molecule has 0 aromatic carbocycles. The summed E-state index contributed by atoms with van der Waals surface area (Å²) in [5, 5.41) is 0.560. The van der Waals surface area contributed by atoms with Gasteiger partial charge >= 0.3 is 0 Å². The average molecular weight is 274 g/mol. The largest absolute Gasteiger partial charge is 0.369 e. The van der Waals surface area contributed by atoms with Crippen LogP contribution in [0, 0.1) is 0 Å². The molecule has 0 fully saturated rings. The predicted molar refractivity (Wildman–Crippen MR) is 74.9 cm³/mol. The zero-order valence-corrected chi connectivity index (χ0v) is 10.9. The number of nitrogens with zero attached hydrogens (tertiary/aromatic N) is 4. The van der Waals surface area contributed by atoms with Gasteiger partial charge in [-0.15, -0.1) is 0 Å². The molecule has 0 saturated heterocycles. The standard InChI is InChI=1S/C13H12ClN5/c14-10-6-11-12(17-8-10)19(13(15)18-11)5-3-9-2-1-4-16-7-9/h1-2,4,6-8H,3,5H2,(H2,15,18). The Labute approximate surface area is 115 Å². The Hall–Kier alpha value is -2.14. The van der Waals surface area contributed by atoms with Crippen molar-refractivity contribution in [2.45, 2.75) is 13.0 Å². The highest BCUT2D eigenvalue weighted by Crippen LogP contribution is 2.19. The quantitative estimate of drug-likeness (QED) is 0.795. The molecular formula is C13H12ClN5. The summed E-state index contributed by atoms with van der Waals surface area (Å²) in [5.74, 6) is 0.452. The topological polar surface area (TPSA) is 69.6 Å². The van der Waals surface area contributed by atoms with Crippen LogP contribution in [-0.4, -0.2) is 19.5 Å². The lowest BCUT2D eigenvalue weighted by Crippen LogP contribution is -2.06. The van der Waals surface area contributed by atoms with Gasteiger partial charge in [0.05, 0.1) is 5.02 Å². The van der Waals surface area contributed by atoms with Crippen molar-refractivity contribution in [3.05, 3.63) is 47.4 Å². The summed E-state index contributed by atoms with van der Waals surface area (Å²) >= 11 is 5.89. The van der Waals surface area contributed by atoms with Crippen molar-refractivity contribution in [1.29, 1.82) is 0 Å². The van der Waals surface area contributed by atoms with Crippen LogP contribution < -0.4 is 5.73 Å². The van der Waals surface area contributed by atoms with Gasteiger partial charge in [0, 0.05) is 25.1 Å². The smallest absolute Gasteiger partial charge is 0.202 e. The summed E-state index contributed by atoms with van der Waals surface area (Å²) in [4.78, 5) is 12.6. The first-order valence-electron chi connectivity index (χ1n) is 5.90. The van der Waals surface area contributed by atoms with Gasteiger partial charge in [-0.05, 0) is 24.1 Å². The highest BCUT2D eigenvalue weighted by molar-refractivity contribution is 6.31. The Morgan fingerprint density at radius 3 is 3.00 bits per heavy atom. The van der Waals surface area contributed by atoms with Gasteiger partial charge in [-0.2, -0.15) is 0 Å². The minimum atomic E-state index is 0.452. The molecular weight excluding hydrogens is 262 g/mol. The second kappa shape index (κ2) is 4.85. The summed E-state index contributed by atoms with van der Waals surface area (Å²) in [6, 6.07) is 5.72. The molecule has 3 aromatic rings. The molecule has 0 unspecified atom stereocenters. The van der Waals surface area contributed by atoms with Gasteiger partial charge in [-0.1, -0.05) is 17.7 Å². The molecule has 0 aliphatic carbocycles. The number of anilines is 1. The number of nitrogens with two attached hydrogens (primary N) is 1. The molecule has 6 heteroatoms. The number of halogens is 1. The van der Waals surface area contributed by atoms with Crippen LogP contribution in [0.5, 0.6) is 0 Å². The number of fused-ring (bicyclic) bond motifs is 1. The Morgan fingerprint density at radius 2 is 2.21 bits per heavy atom. The van der Waals surface area contributed by atoms with Gasteiger partial charge in [-0.3, -0.25) is 9.55 Å². The van der Waals surface area contributed by atoms with Gasteiger partial charge in [0.2, 0.25) is 5.95 Å². The van der Waals surface area contributed by atoms with Gasteiger partial charge in [0.25, 0.3) is 0 Å². The van der Waals surface area contributed by atoms with Crippen molar-refractivity contribution in [3.8, 4) is 0 Å². The SMILES string of the molecule is Nc1nc2cc(Cl)cnc2n1CCc1cccnc1. The number of hydrogen-bond acceptors (Lipinski definition) is 4. The Balaban J connectivity index is 1.90. The molecule has 19 heavy (non-hydrogen) atoms. The van der Waals surface area contributed by atoms with Gasteiger partial charge in [-0.25, -0.2) is 9.97 Å². The number of aromatic nitrogens is 4. The summed E-state index contributed by atoms with van der Waals surface area (Å²) < 4.78 is 1.89. The van der Waals surface area contributed by atoms with E-state index in [2.05, 4.69) is 15.0 Å². The van der Waals surface area contributed by atoms with Crippen molar-refractivity contribution >= 4 is 28.7 Å². The van der Waals surface area contributed by atoms with Crippen molar-refractivity contribution < 1.29 is 0 Å². The van der Waals surface area contributed by atoms with E-state index in [-0.39, 0.29) is 0 Å². The molecule has 0 spiro atoms. The molecule has 0 aliphatic rings. The first kappa shape index (κ1) is 11.9. The monoisotopic (exact) mass is 273 g/mol. The second-order valence-corrected chi connectivity index (χ2v) is 4.67. The van der Waals surface area contributed by atoms with Crippen LogP contribution >= 0.6 is 11.6 Å². The molecule has 2 N–H and O–H groups in total. The molecule has 0 radical (unpaired) electrons. The summed E-state index contributed by atoms with van der Waals surface area (Å²) in [7, 11) is 0. The number of aryl methyl sites for hydroxylation is 2. The average Bonchev–Trinajstić information content (AvgIpc) is 2.72.